The number of aromatic nitrogens is 6. The Bertz CT molecular complexity index is 3070. The number of carbonyl (C=O) groups excluding carboxylic acids is 2. The molecule has 0 atom stereocenters. The first-order valence-electron chi connectivity index (χ1n) is 23.5. The minimum atomic E-state index is -3.93. The van der Waals surface area contributed by atoms with Gasteiger partial charge in [0, 0.05) is 64.2 Å². The van der Waals surface area contributed by atoms with Crippen LogP contribution in [0.25, 0.3) is 21.8 Å². The number of nitrogens with zero attached hydrogens (tertiary/aromatic N) is 6. The Balaban J connectivity index is 0.000000171. The summed E-state index contributed by atoms with van der Waals surface area (Å²) in [7, 11) is -0.895. The predicted molar refractivity (Wildman–Crippen MR) is 268 cm³/mol. The highest BCUT2D eigenvalue weighted by atomic mass is 127. The molecule has 3 N–H and O–H groups in total. The molecule has 68 heavy (non-hydrogen) atoms. The van der Waals surface area contributed by atoms with Gasteiger partial charge in [-0.05, 0) is 132 Å². The fourth-order valence-corrected chi connectivity index (χ4v) is 11.2. The second-order valence-electron chi connectivity index (χ2n) is 18.7. The Kier molecular flexibility index (Phi) is 14.1. The lowest BCUT2D eigenvalue weighted by atomic mass is 9.84. The van der Waals surface area contributed by atoms with Crippen molar-refractivity contribution in [3.63, 3.8) is 0 Å². The van der Waals surface area contributed by atoms with Crippen LogP contribution >= 0.6 is 22.6 Å². The summed E-state index contributed by atoms with van der Waals surface area (Å²) >= 11 is 2.48. The number of alkyl halides is 1. The number of ether oxygens (including phenoxy) is 2. The van der Waals surface area contributed by atoms with E-state index in [9.17, 15) is 27.6 Å². The van der Waals surface area contributed by atoms with E-state index in [0.29, 0.717) is 40.6 Å². The third kappa shape index (κ3) is 10.8. The summed E-state index contributed by atoms with van der Waals surface area (Å²) in [5.74, 6) is 0.928. The average molecular weight is 1060 g/mol. The number of methoxy groups -OCH3 is 2. The van der Waals surface area contributed by atoms with Crippen molar-refractivity contribution in [1.82, 2.24) is 28.7 Å². The van der Waals surface area contributed by atoms with Crippen molar-refractivity contribution in [2.24, 2.45) is 11.8 Å². The zero-order chi connectivity index (χ0) is 47.7. The van der Waals surface area contributed by atoms with Gasteiger partial charge in [0.05, 0.1) is 54.2 Å². The normalized spacial score (nSPS) is 20.6. The van der Waals surface area contributed by atoms with E-state index in [2.05, 4.69) is 37.9 Å². The maximum Gasteiger partial charge on any atom is 0.274 e. The lowest BCUT2D eigenvalue weighted by molar-refractivity contribution is 0.101. The quantitative estimate of drug-likeness (QED) is 0.0533. The maximum absolute atomic E-state index is 13.1. The molecule has 0 unspecified atom stereocenters. The summed E-state index contributed by atoms with van der Waals surface area (Å²) in [4.78, 5) is 51.7. The minimum absolute atomic E-state index is 0.168. The van der Waals surface area contributed by atoms with E-state index >= 15 is 0 Å². The van der Waals surface area contributed by atoms with Gasteiger partial charge in [-0.15, -0.1) is 0 Å². The summed E-state index contributed by atoms with van der Waals surface area (Å²) in [5.41, 5.74) is 2.37. The smallest absolute Gasteiger partial charge is 0.274 e. The van der Waals surface area contributed by atoms with Crippen molar-refractivity contribution in [2.45, 2.75) is 108 Å². The second-order valence-corrected chi connectivity index (χ2v) is 21.1. The van der Waals surface area contributed by atoms with Crippen LogP contribution in [0.2, 0.25) is 0 Å². The summed E-state index contributed by atoms with van der Waals surface area (Å²) < 4.78 is 50.6. The summed E-state index contributed by atoms with van der Waals surface area (Å²) in [6.07, 6.45) is 20.1. The fraction of sp³-hybridized carbons (Fsp3) is 0.469. The molecule has 19 heteroatoms. The summed E-state index contributed by atoms with van der Waals surface area (Å²) in [6, 6.07) is 14.9. The van der Waals surface area contributed by atoms with Crippen LogP contribution in [0.5, 0.6) is 11.5 Å². The highest BCUT2D eigenvalue weighted by Gasteiger charge is 2.29. The molecule has 10 rings (SSSR count). The number of hydrogen-bond acceptors (Lipinski definition) is 10. The van der Waals surface area contributed by atoms with E-state index in [-0.39, 0.29) is 58.2 Å². The molecule has 4 saturated carbocycles. The van der Waals surface area contributed by atoms with E-state index < -0.39 is 16.0 Å². The number of nitrogens with one attached hydrogen (secondary N) is 2. The lowest BCUT2D eigenvalue weighted by Gasteiger charge is -2.28. The van der Waals surface area contributed by atoms with Crippen molar-refractivity contribution in [3.8, 4) is 11.5 Å². The molecule has 0 aliphatic heterocycles. The van der Waals surface area contributed by atoms with Gasteiger partial charge in [-0.25, -0.2) is 0 Å². The highest BCUT2D eigenvalue weighted by molar-refractivity contribution is 14.1. The molecule has 360 valence electrons. The van der Waals surface area contributed by atoms with Gasteiger partial charge < -0.3 is 29.2 Å². The molecule has 4 aliphatic rings. The molecule has 2 aromatic carbocycles. The Morgan fingerprint density at radius 3 is 1.46 bits per heavy atom. The van der Waals surface area contributed by atoms with Gasteiger partial charge in [0.25, 0.3) is 33.1 Å². The zero-order valence-electron chi connectivity index (χ0n) is 38.2. The highest BCUT2D eigenvalue weighted by Crippen LogP contribution is 2.38. The largest absolute Gasteiger partial charge is 0.496 e. The van der Waals surface area contributed by atoms with Crippen LogP contribution in [0, 0.1) is 11.8 Å². The molecule has 0 radical (unpaired) electrons. The maximum atomic E-state index is 13.1. The van der Waals surface area contributed by atoms with Crippen LogP contribution in [0.4, 0.5) is 11.4 Å². The number of anilines is 2. The molecule has 4 heterocycles. The molecule has 2 amide bonds. The first-order chi connectivity index (χ1) is 32.8. The first kappa shape index (κ1) is 47.5. The van der Waals surface area contributed by atoms with Crippen molar-refractivity contribution in [2.75, 3.05) is 35.0 Å². The third-order valence-electron chi connectivity index (χ3n) is 13.9. The lowest BCUT2D eigenvalue weighted by Crippen LogP contribution is -2.25. The molecular weight excluding hydrogens is 1000 g/mol. The Hall–Kier alpha value is -5.54. The first-order valence-corrected chi connectivity index (χ1v) is 26.6. The second kappa shape index (κ2) is 20.2. The number of benzene rings is 2. The van der Waals surface area contributed by atoms with Crippen LogP contribution in [-0.2, 0) is 10.1 Å². The third-order valence-corrected chi connectivity index (χ3v) is 15.9. The van der Waals surface area contributed by atoms with Crippen LogP contribution in [0.3, 0.4) is 0 Å². The number of carbonyl (C=O) groups is 2. The Labute approximate surface area is 407 Å². The van der Waals surface area contributed by atoms with E-state index in [1.807, 2.05) is 29.2 Å². The molecule has 4 aliphatic carbocycles. The standard InChI is InChI=1S/C25H30N4O6S.C24H27IN4O3/c1-35-23-14-22-17(15-29(27-22)19-6-4-16(5-7-19)10-12-36(32,33)34)13-20(23)24(30)26-21-3-2-11-28(25(21)31)18-8-9-18;1-32-22-12-21-16(14-29(27-21)18-6-4-15(13-25)5-7-18)11-19(22)23(30)26-20-3-2-10-28(24(20)31)17-8-9-17/h2-3,11,13-16,18-19H,4-10,12H2,1H3,(H,26,30)(H,32,33,34);2-3,10-12,14-15,17-18H,4-9,13H2,1H3,(H,26,30). The van der Waals surface area contributed by atoms with Crippen LogP contribution in [0.1, 0.15) is 128 Å². The van der Waals surface area contributed by atoms with Crippen molar-refractivity contribution >= 4 is 77.7 Å². The molecule has 17 nitrogen and oxygen atoms in total. The van der Waals surface area contributed by atoms with Crippen LogP contribution in [0.15, 0.2) is 82.9 Å². The number of amides is 2. The summed E-state index contributed by atoms with van der Waals surface area (Å²) in [5, 5.41) is 16.7. The molecule has 0 spiro atoms. The van der Waals surface area contributed by atoms with Crippen LogP contribution < -0.4 is 31.2 Å². The zero-order valence-corrected chi connectivity index (χ0v) is 41.2. The van der Waals surface area contributed by atoms with E-state index in [1.165, 1.54) is 24.4 Å². The monoisotopic (exact) mass is 1060 g/mol. The van der Waals surface area contributed by atoms with E-state index in [0.717, 1.165) is 86.4 Å². The minimum Gasteiger partial charge on any atom is -0.496 e. The van der Waals surface area contributed by atoms with Crippen molar-refractivity contribution in [1.29, 1.82) is 0 Å². The van der Waals surface area contributed by atoms with Gasteiger partial charge >= 0.3 is 0 Å². The van der Waals surface area contributed by atoms with E-state index in [4.69, 9.17) is 24.2 Å². The van der Waals surface area contributed by atoms with Gasteiger partial charge in [-0.1, -0.05) is 22.6 Å². The van der Waals surface area contributed by atoms with Gasteiger partial charge in [-0.3, -0.25) is 33.1 Å². The predicted octanol–water partition coefficient (Wildman–Crippen LogP) is 8.76. The molecule has 0 saturated heterocycles. The van der Waals surface area contributed by atoms with Gasteiger partial charge in [-0.2, -0.15) is 18.6 Å². The average Bonchev–Trinajstić information content (AvgIpc) is 4.29. The SMILES string of the molecule is COc1cc2nn(C3CCC(CCS(=O)(=O)O)CC3)cc2cc1C(=O)Nc1cccn(C2CC2)c1=O.COc1cc2nn(C3CCC(CI)CC3)cc2cc1C(=O)Nc1cccn(C2CC2)c1=O. The van der Waals surface area contributed by atoms with Gasteiger partial charge in [0.1, 0.15) is 22.9 Å². The molecule has 0 bridgehead atoms. The molecular formula is C49H57IN8O9S. The van der Waals surface area contributed by atoms with Crippen molar-refractivity contribution in [3.05, 3.63) is 105 Å². The number of pyridine rings is 2. The Morgan fingerprint density at radius 2 is 1.07 bits per heavy atom. The molecule has 4 aromatic heterocycles. The number of fused-ring (bicyclic) bond motifs is 2. The van der Waals surface area contributed by atoms with Gasteiger partial charge in [0.2, 0.25) is 0 Å². The number of rotatable bonds is 14. The van der Waals surface area contributed by atoms with Crippen molar-refractivity contribution < 1.29 is 32.0 Å². The fourth-order valence-electron chi connectivity index (χ4n) is 9.66. The summed E-state index contributed by atoms with van der Waals surface area (Å²) in [6.45, 7) is 0. The number of hydrogen-bond donors (Lipinski definition) is 3. The Morgan fingerprint density at radius 1 is 0.662 bits per heavy atom. The van der Waals surface area contributed by atoms with Crippen LogP contribution in [-0.4, -0.2) is 77.9 Å². The number of halogens is 1. The van der Waals surface area contributed by atoms with Gasteiger partial charge in [0.15, 0.2) is 0 Å². The molecule has 4 fully saturated rings. The van der Waals surface area contributed by atoms with E-state index in [1.54, 1.807) is 65.0 Å². The molecule has 6 aromatic rings. The topological polar surface area (TPSA) is 211 Å².